The molecule has 0 fully saturated rings. The van der Waals surface area contributed by atoms with Gasteiger partial charge in [0.2, 0.25) is 5.91 Å². The molecule has 0 aliphatic rings. The number of rotatable bonds is 12. The van der Waals surface area contributed by atoms with Crippen LogP contribution < -0.4 is 15.8 Å². The molecule has 2 amide bonds. The van der Waals surface area contributed by atoms with Crippen molar-refractivity contribution < 1.29 is 28.2 Å². The lowest BCUT2D eigenvalue weighted by Crippen LogP contribution is -2.18. The zero-order valence-electron chi connectivity index (χ0n) is 20.4. The minimum absolute atomic E-state index is 0.0599. The number of hydrogen-bond donors (Lipinski definition) is 2. The summed E-state index contributed by atoms with van der Waals surface area (Å²) in [7, 11) is 0. The van der Waals surface area contributed by atoms with Crippen LogP contribution in [0.2, 0.25) is 0 Å². The van der Waals surface area contributed by atoms with Gasteiger partial charge in [-0.05, 0) is 50.6 Å². The van der Waals surface area contributed by atoms with Crippen LogP contribution in [0.25, 0.3) is 0 Å². The zero-order valence-corrected chi connectivity index (χ0v) is 22.1. The Kier molecular flexibility index (Phi) is 9.42. The van der Waals surface area contributed by atoms with Crippen LogP contribution in [0.4, 0.5) is 9.39 Å². The van der Waals surface area contributed by atoms with Gasteiger partial charge >= 0.3 is 5.97 Å². The van der Waals surface area contributed by atoms with Crippen molar-refractivity contribution in [2.75, 3.05) is 11.1 Å². The Labute approximate surface area is 221 Å². The molecular formula is C24H26FN5O5S2. The average molecular weight is 548 g/mol. The largest absolute Gasteiger partial charge is 0.486 e. The van der Waals surface area contributed by atoms with Gasteiger partial charge in [0.15, 0.2) is 11.0 Å². The maximum absolute atomic E-state index is 13.1. The van der Waals surface area contributed by atoms with Gasteiger partial charge in [0.1, 0.15) is 23.2 Å². The molecule has 196 valence electrons. The number of thioether (sulfide) groups is 1. The van der Waals surface area contributed by atoms with Crippen molar-refractivity contribution in [3.63, 3.8) is 0 Å². The summed E-state index contributed by atoms with van der Waals surface area (Å²) in [5.74, 6) is -1.26. The smallest absolute Gasteiger partial charge is 0.341 e. The molecule has 0 aliphatic heterocycles. The zero-order chi connectivity index (χ0) is 27.1. The molecule has 37 heavy (non-hydrogen) atoms. The van der Waals surface area contributed by atoms with Gasteiger partial charge in [0.05, 0.1) is 22.3 Å². The predicted molar refractivity (Wildman–Crippen MR) is 138 cm³/mol. The second kappa shape index (κ2) is 12.5. The molecule has 0 saturated heterocycles. The highest BCUT2D eigenvalue weighted by atomic mass is 32.2. The molecule has 3 rings (SSSR count). The van der Waals surface area contributed by atoms with Gasteiger partial charge in [-0.1, -0.05) is 17.8 Å². The lowest BCUT2D eigenvalue weighted by molar-refractivity contribution is -0.113. The van der Waals surface area contributed by atoms with E-state index in [1.165, 1.54) is 24.3 Å². The van der Waals surface area contributed by atoms with E-state index in [0.717, 1.165) is 23.1 Å². The van der Waals surface area contributed by atoms with E-state index in [4.69, 9.17) is 15.2 Å². The molecular weight excluding hydrogens is 521 g/mol. The van der Waals surface area contributed by atoms with Gasteiger partial charge in [0.25, 0.3) is 5.91 Å². The van der Waals surface area contributed by atoms with Gasteiger partial charge in [-0.2, -0.15) is 0 Å². The number of carbonyl (C=O) groups is 3. The fourth-order valence-corrected chi connectivity index (χ4v) is 5.00. The maximum Gasteiger partial charge on any atom is 0.341 e. The van der Waals surface area contributed by atoms with Crippen molar-refractivity contribution in [1.82, 2.24) is 14.8 Å². The number of anilines is 1. The molecule has 1 aromatic carbocycles. The Morgan fingerprint density at radius 3 is 2.59 bits per heavy atom. The Morgan fingerprint density at radius 1 is 1.27 bits per heavy atom. The molecule has 0 saturated carbocycles. The van der Waals surface area contributed by atoms with E-state index in [9.17, 15) is 18.8 Å². The summed E-state index contributed by atoms with van der Waals surface area (Å²) in [5.41, 5.74) is 5.88. The number of esters is 1. The third-order valence-electron chi connectivity index (χ3n) is 4.79. The second-order valence-electron chi connectivity index (χ2n) is 7.96. The van der Waals surface area contributed by atoms with Crippen LogP contribution in [0.1, 0.15) is 45.3 Å². The van der Waals surface area contributed by atoms with E-state index >= 15 is 0 Å². The molecule has 0 aliphatic carbocycles. The Hall–Kier alpha value is -3.71. The van der Waals surface area contributed by atoms with E-state index in [1.54, 1.807) is 31.4 Å². The fraction of sp³-hybridized carbons (Fsp3) is 0.292. The standard InChI is InChI=1S/C24H26FN5O5S2/c1-5-10-30-17(11-34-16-8-6-15(25)7-9-16)28-29-24(30)36-12-18(31)27-22-19(23(33)35-13(2)3)14(4)20(37-22)21(26)32/h5-9,13H,1,10-12H2,2-4H3,(H2,26,32)(H,27,31). The average Bonchev–Trinajstić information content (AvgIpc) is 3.37. The monoisotopic (exact) mass is 547 g/mol. The number of thiophene rings is 1. The van der Waals surface area contributed by atoms with Crippen LogP contribution in [0.3, 0.4) is 0 Å². The summed E-state index contributed by atoms with van der Waals surface area (Å²) in [6.07, 6.45) is 1.27. The van der Waals surface area contributed by atoms with Crippen LogP contribution >= 0.6 is 23.1 Å². The number of aromatic nitrogens is 3. The Balaban J connectivity index is 1.70. The Morgan fingerprint density at radius 2 is 1.97 bits per heavy atom. The number of nitrogens with one attached hydrogen (secondary N) is 1. The normalized spacial score (nSPS) is 10.8. The van der Waals surface area contributed by atoms with Crippen LogP contribution in [0.5, 0.6) is 5.75 Å². The first-order chi connectivity index (χ1) is 17.6. The van der Waals surface area contributed by atoms with Gasteiger partial charge in [-0.3, -0.25) is 14.2 Å². The number of carbonyl (C=O) groups excluding carboxylic acids is 3. The van der Waals surface area contributed by atoms with E-state index in [1.807, 2.05) is 0 Å². The SMILES string of the molecule is C=CCn1c(COc2ccc(F)cc2)nnc1SCC(=O)Nc1sc(C(N)=O)c(C)c1C(=O)OC(C)C. The van der Waals surface area contributed by atoms with Crippen LogP contribution in [-0.4, -0.2) is 44.4 Å². The van der Waals surface area contributed by atoms with E-state index in [-0.39, 0.29) is 39.7 Å². The number of allylic oxidation sites excluding steroid dienone is 1. The molecule has 13 heteroatoms. The summed E-state index contributed by atoms with van der Waals surface area (Å²) in [4.78, 5) is 37.3. The summed E-state index contributed by atoms with van der Waals surface area (Å²) in [5, 5.41) is 11.6. The van der Waals surface area contributed by atoms with Crippen molar-refractivity contribution in [3.8, 4) is 5.75 Å². The lowest BCUT2D eigenvalue weighted by atomic mass is 10.1. The number of halogens is 1. The third-order valence-corrected chi connectivity index (χ3v) is 6.98. The topological polar surface area (TPSA) is 138 Å². The maximum atomic E-state index is 13.1. The van der Waals surface area contributed by atoms with Crippen molar-refractivity contribution in [1.29, 1.82) is 0 Å². The Bertz CT molecular complexity index is 1300. The first-order valence-corrected chi connectivity index (χ1v) is 12.9. The molecule has 2 aromatic heterocycles. The minimum atomic E-state index is -0.705. The number of nitrogens with zero attached hydrogens (tertiary/aromatic N) is 3. The third kappa shape index (κ3) is 7.17. The number of primary amides is 1. The summed E-state index contributed by atoms with van der Waals surface area (Å²) >= 11 is 2.04. The molecule has 0 radical (unpaired) electrons. The van der Waals surface area contributed by atoms with Crippen LogP contribution in [0.15, 0.2) is 42.1 Å². The number of amides is 2. The molecule has 3 aromatic rings. The minimum Gasteiger partial charge on any atom is -0.486 e. The number of ether oxygens (including phenoxy) is 2. The first kappa shape index (κ1) is 27.9. The van der Waals surface area contributed by atoms with Crippen LogP contribution in [-0.2, 0) is 22.7 Å². The van der Waals surface area contributed by atoms with E-state index in [2.05, 4.69) is 22.1 Å². The number of hydrogen-bond acceptors (Lipinski definition) is 9. The molecule has 0 bridgehead atoms. The predicted octanol–water partition coefficient (Wildman–Crippen LogP) is 3.95. The van der Waals surface area contributed by atoms with Crippen molar-refractivity contribution >= 4 is 45.9 Å². The number of benzene rings is 1. The molecule has 2 heterocycles. The van der Waals surface area contributed by atoms with Crippen molar-refractivity contribution in [2.24, 2.45) is 5.73 Å². The summed E-state index contributed by atoms with van der Waals surface area (Å²) < 4.78 is 25.8. The molecule has 10 nitrogen and oxygen atoms in total. The fourth-order valence-electron chi connectivity index (χ4n) is 3.17. The first-order valence-electron chi connectivity index (χ1n) is 11.1. The van der Waals surface area contributed by atoms with Gasteiger partial charge in [-0.25, -0.2) is 9.18 Å². The van der Waals surface area contributed by atoms with Crippen molar-refractivity contribution in [3.05, 3.63) is 64.6 Å². The quantitative estimate of drug-likeness (QED) is 0.197. The van der Waals surface area contributed by atoms with Crippen molar-refractivity contribution in [2.45, 2.75) is 45.2 Å². The molecule has 3 N–H and O–H groups in total. The van der Waals surface area contributed by atoms with E-state index < -0.39 is 17.8 Å². The highest BCUT2D eigenvalue weighted by Crippen LogP contribution is 2.34. The summed E-state index contributed by atoms with van der Waals surface area (Å²) in [6.45, 7) is 9.15. The molecule has 0 unspecified atom stereocenters. The molecule has 0 spiro atoms. The lowest BCUT2D eigenvalue weighted by Gasteiger charge is -2.11. The number of nitrogens with two attached hydrogens (primary N) is 1. The van der Waals surface area contributed by atoms with Gasteiger partial charge in [0, 0.05) is 6.54 Å². The van der Waals surface area contributed by atoms with Crippen LogP contribution in [0, 0.1) is 12.7 Å². The van der Waals surface area contributed by atoms with Gasteiger partial charge < -0.3 is 20.5 Å². The highest BCUT2D eigenvalue weighted by Gasteiger charge is 2.26. The molecule has 0 atom stereocenters. The van der Waals surface area contributed by atoms with E-state index in [0.29, 0.717) is 28.8 Å². The summed E-state index contributed by atoms with van der Waals surface area (Å²) in [6, 6.07) is 5.59. The highest BCUT2D eigenvalue weighted by molar-refractivity contribution is 7.99. The second-order valence-corrected chi connectivity index (χ2v) is 9.92. The van der Waals surface area contributed by atoms with Gasteiger partial charge in [-0.15, -0.1) is 28.1 Å².